The van der Waals surface area contributed by atoms with Gasteiger partial charge in [-0.3, -0.25) is 0 Å². The van der Waals surface area contributed by atoms with Crippen LogP contribution in [-0.2, 0) is 6.54 Å². The molecular formula is C16H24ClNO2. The lowest BCUT2D eigenvalue weighted by molar-refractivity contribution is 0.272. The molecule has 0 saturated heterocycles. The lowest BCUT2D eigenvalue weighted by Crippen LogP contribution is -2.16. The van der Waals surface area contributed by atoms with Crippen molar-refractivity contribution in [2.75, 3.05) is 13.2 Å². The molecule has 1 saturated carbocycles. The normalized spacial score (nSPS) is 14.5. The Morgan fingerprint density at radius 1 is 1.20 bits per heavy atom. The number of hydrogen-bond donors (Lipinski definition) is 2. The van der Waals surface area contributed by atoms with Gasteiger partial charge >= 0.3 is 0 Å². The lowest BCUT2D eigenvalue weighted by Gasteiger charge is -2.13. The van der Waals surface area contributed by atoms with E-state index in [0.29, 0.717) is 17.7 Å². The average Bonchev–Trinajstić information content (AvgIpc) is 3.26. The van der Waals surface area contributed by atoms with Gasteiger partial charge in [0.15, 0.2) is 0 Å². The number of benzene rings is 1. The van der Waals surface area contributed by atoms with E-state index in [4.69, 9.17) is 21.4 Å². The molecule has 0 aliphatic heterocycles. The molecule has 2 rings (SSSR count). The maximum atomic E-state index is 8.73. The van der Waals surface area contributed by atoms with Gasteiger partial charge in [0.1, 0.15) is 5.75 Å². The highest BCUT2D eigenvalue weighted by molar-refractivity contribution is 6.32. The first-order valence-corrected chi connectivity index (χ1v) is 7.93. The Bertz CT molecular complexity index is 407. The molecule has 0 spiro atoms. The highest BCUT2D eigenvalue weighted by Gasteiger charge is 2.21. The van der Waals surface area contributed by atoms with Crippen LogP contribution in [-0.4, -0.2) is 24.4 Å². The third-order valence-electron chi connectivity index (χ3n) is 3.51. The highest BCUT2D eigenvalue weighted by atomic mass is 35.5. The largest absolute Gasteiger partial charge is 0.492 e. The molecule has 0 unspecified atom stereocenters. The summed E-state index contributed by atoms with van der Waals surface area (Å²) in [5, 5.41) is 12.9. The van der Waals surface area contributed by atoms with Crippen molar-refractivity contribution < 1.29 is 9.84 Å². The van der Waals surface area contributed by atoms with Gasteiger partial charge in [0.2, 0.25) is 0 Å². The number of rotatable bonds is 10. The molecule has 0 atom stereocenters. The molecule has 4 heteroatoms. The standard InChI is InChI=1S/C16H24ClNO2/c17-15-7-5-6-13(12-18-14-8-9-14)16(15)20-11-4-2-1-3-10-19/h5-7,14,18-19H,1-4,8-12H2. The average molecular weight is 298 g/mol. The molecule has 0 heterocycles. The summed E-state index contributed by atoms with van der Waals surface area (Å²) in [6.45, 7) is 1.79. The Morgan fingerprint density at radius 3 is 2.75 bits per heavy atom. The van der Waals surface area contributed by atoms with E-state index < -0.39 is 0 Å². The second-order valence-electron chi connectivity index (χ2n) is 5.37. The maximum Gasteiger partial charge on any atom is 0.142 e. The Balaban J connectivity index is 1.78. The first kappa shape index (κ1) is 15.6. The predicted molar refractivity (Wildman–Crippen MR) is 82.4 cm³/mol. The molecule has 1 aliphatic rings. The number of para-hydroxylation sites is 1. The fraction of sp³-hybridized carbons (Fsp3) is 0.625. The van der Waals surface area contributed by atoms with E-state index in [0.717, 1.165) is 43.5 Å². The van der Waals surface area contributed by atoms with Crippen LogP contribution in [0.3, 0.4) is 0 Å². The molecule has 2 N–H and O–H groups in total. The lowest BCUT2D eigenvalue weighted by atomic mass is 10.2. The van der Waals surface area contributed by atoms with E-state index in [1.165, 1.54) is 12.8 Å². The molecule has 112 valence electrons. The van der Waals surface area contributed by atoms with Crippen molar-refractivity contribution in [2.24, 2.45) is 0 Å². The van der Waals surface area contributed by atoms with E-state index in [1.807, 2.05) is 12.1 Å². The Hall–Kier alpha value is -0.770. The number of aliphatic hydroxyl groups is 1. The minimum atomic E-state index is 0.280. The first-order valence-electron chi connectivity index (χ1n) is 7.55. The highest BCUT2D eigenvalue weighted by Crippen LogP contribution is 2.30. The summed E-state index contributed by atoms with van der Waals surface area (Å²) in [5.41, 5.74) is 1.14. The van der Waals surface area contributed by atoms with Crippen molar-refractivity contribution in [2.45, 2.75) is 51.1 Å². The number of ether oxygens (including phenoxy) is 1. The third-order valence-corrected chi connectivity index (χ3v) is 3.80. The molecule has 20 heavy (non-hydrogen) atoms. The van der Waals surface area contributed by atoms with Gasteiger partial charge in [0, 0.05) is 24.8 Å². The van der Waals surface area contributed by atoms with Crippen molar-refractivity contribution >= 4 is 11.6 Å². The van der Waals surface area contributed by atoms with Gasteiger partial charge in [-0.15, -0.1) is 0 Å². The van der Waals surface area contributed by atoms with Gasteiger partial charge in [-0.2, -0.15) is 0 Å². The van der Waals surface area contributed by atoms with Crippen LogP contribution in [0.4, 0.5) is 0 Å². The summed E-state index contributed by atoms with van der Waals surface area (Å²) in [6.07, 6.45) is 6.58. The van der Waals surface area contributed by atoms with E-state index in [-0.39, 0.29) is 6.61 Å². The van der Waals surface area contributed by atoms with Crippen LogP contribution in [0.5, 0.6) is 5.75 Å². The Morgan fingerprint density at radius 2 is 2.00 bits per heavy atom. The van der Waals surface area contributed by atoms with Crippen molar-refractivity contribution in [1.82, 2.24) is 5.32 Å². The van der Waals surface area contributed by atoms with Crippen molar-refractivity contribution in [3.8, 4) is 5.75 Å². The smallest absolute Gasteiger partial charge is 0.142 e. The van der Waals surface area contributed by atoms with Crippen LogP contribution in [0, 0.1) is 0 Å². The van der Waals surface area contributed by atoms with E-state index in [2.05, 4.69) is 11.4 Å². The number of hydrogen-bond acceptors (Lipinski definition) is 3. The van der Waals surface area contributed by atoms with Crippen LogP contribution in [0.2, 0.25) is 5.02 Å². The quantitative estimate of drug-likeness (QED) is 0.649. The van der Waals surface area contributed by atoms with Crippen LogP contribution in [0.25, 0.3) is 0 Å². The minimum Gasteiger partial charge on any atom is -0.492 e. The summed E-state index contributed by atoms with van der Waals surface area (Å²) >= 11 is 6.24. The van der Waals surface area contributed by atoms with Crippen LogP contribution in [0.15, 0.2) is 18.2 Å². The monoisotopic (exact) mass is 297 g/mol. The third kappa shape index (κ3) is 5.31. The van der Waals surface area contributed by atoms with E-state index in [9.17, 15) is 0 Å². The topological polar surface area (TPSA) is 41.5 Å². The summed E-state index contributed by atoms with van der Waals surface area (Å²) in [6, 6.07) is 6.60. The van der Waals surface area contributed by atoms with Crippen LogP contribution < -0.4 is 10.1 Å². The molecule has 0 amide bonds. The van der Waals surface area contributed by atoms with Gasteiger partial charge < -0.3 is 15.2 Å². The van der Waals surface area contributed by atoms with Gasteiger partial charge in [-0.05, 0) is 38.2 Å². The minimum absolute atomic E-state index is 0.280. The maximum absolute atomic E-state index is 8.73. The Labute approximate surface area is 126 Å². The first-order chi connectivity index (χ1) is 9.81. The van der Waals surface area contributed by atoms with Gasteiger partial charge in [-0.1, -0.05) is 30.2 Å². The molecule has 0 bridgehead atoms. The summed E-state index contributed by atoms with van der Waals surface area (Å²) < 4.78 is 5.87. The van der Waals surface area contributed by atoms with Crippen molar-refractivity contribution in [3.63, 3.8) is 0 Å². The van der Waals surface area contributed by atoms with E-state index in [1.54, 1.807) is 0 Å². The van der Waals surface area contributed by atoms with E-state index >= 15 is 0 Å². The molecule has 1 aliphatic carbocycles. The number of aliphatic hydroxyl groups excluding tert-OH is 1. The molecule has 0 radical (unpaired) electrons. The fourth-order valence-corrected chi connectivity index (χ4v) is 2.39. The fourth-order valence-electron chi connectivity index (χ4n) is 2.14. The molecule has 1 aromatic carbocycles. The summed E-state index contributed by atoms with van der Waals surface area (Å²) in [4.78, 5) is 0. The van der Waals surface area contributed by atoms with Crippen LogP contribution in [0.1, 0.15) is 44.1 Å². The van der Waals surface area contributed by atoms with Gasteiger partial charge in [-0.25, -0.2) is 0 Å². The second kappa shape index (κ2) is 8.50. The van der Waals surface area contributed by atoms with Gasteiger partial charge in [0.05, 0.1) is 11.6 Å². The number of halogens is 1. The predicted octanol–water partition coefficient (Wildman–Crippen LogP) is 3.52. The van der Waals surface area contributed by atoms with Crippen LogP contribution >= 0.6 is 11.6 Å². The molecule has 3 nitrogen and oxygen atoms in total. The SMILES string of the molecule is OCCCCCCOc1c(Cl)cccc1CNC1CC1. The van der Waals surface area contributed by atoms with Crippen molar-refractivity contribution in [1.29, 1.82) is 0 Å². The number of unbranched alkanes of at least 4 members (excludes halogenated alkanes) is 3. The summed E-state index contributed by atoms with van der Waals surface area (Å²) in [7, 11) is 0. The zero-order valence-corrected chi connectivity index (χ0v) is 12.7. The second-order valence-corrected chi connectivity index (χ2v) is 5.78. The Kier molecular flexibility index (Phi) is 6.64. The van der Waals surface area contributed by atoms with Gasteiger partial charge in [0.25, 0.3) is 0 Å². The summed E-state index contributed by atoms with van der Waals surface area (Å²) in [5.74, 6) is 0.824. The zero-order chi connectivity index (χ0) is 14.2. The number of nitrogens with one attached hydrogen (secondary N) is 1. The molecule has 1 aromatic rings. The molecular weight excluding hydrogens is 274 g/mol. The molecule has 0 aromatic heterocycles. The zero-order valence-electron chi connectivity index (χ0n) is 11.9. The van der Waals surface area contributed by atoms with Crippen molar-refractivity contribution in [3.05, 3.63) is 28.8 Å². The molecule has 1 fully saturated rings.